The maximum atomic E-state index is 12.5. The lowest BCUT2D eigenvalue weighted by Crippen LogP contribution is -2.22. The maximum absolute atomic E-state index is 12.5. The third-order valence-corrected chi connectivity index (χ3v) is 5.43. The number of fused-ring (bicyclic) bond motifs is 1. The Kier molecular flexibility index (Phi) is 5.75. The molecule has 0 aliphatic heterocycles. The Hall–Kier alpha value is -1.76. The highest BCUT2D eigenvalue weighted by molar-refractivity contribution is 8.00. The first-order valence-electron chi connectivity index (χ1n) is 8.12. The van der Waals surface area contributed by atoms with Gasteiger partial charge in [0.25, 0.3) is 0 Å². The van der Waals surface area contributed by atoms with Crippen molar-refractivity contribution in [2.24, 2.45) is 0 Å². The van der Waals surface area contributed by atoms with E-state index in [1.165, 1.54) is 17.3 Å². The average Bonchev–Trinajstić information content (AvgIpc) is 2.98. The maximum Gasteiger partial charge on any atom is 0.237 e. The van der Waals surface area contributed by atoms with Gasteiger partial charge >= 0.3 is 0 Å². The van der Waals surface area contributed by atoms with Crippen molar-refractivity contribution >= 4 is 52.2 Å². The molecule has 26 heavy (non-hydrogen) atoms. The standard InChI is InChI=1S/C18H18Cl2N4OS/c1-10(2)12-4-6-14(7-5-12)21-17(25)11(3)26-18-23-22-16-15(20)8-13(19)9-24(16)18/h4-11H,1-3H3,(H,21,25)/t11-/m0/s1. The highest BCUT2D eigenvalue weighted by atomic mass is 35.5. The number of anilines is 1. The van der Waals surface area contributed by atoms with E-state index in [4.69, 9.17) is 23.2 Å². The van der Waals surface area contributed by atoms with Crippen molar-refractivity contribution in [2.75, 3.05) is 5.32 Å². The minimum atomic E-state index is -0.370. The third kappa shape index (κ3) is 4.14. The monoisotopic (exact) mass is 408 g/mol. The third-order valence-electron chi connectivity index (χ3n) is 3.89. The SMILES string of the molecule is CC(C)c1ccc(NC(=O)[C@H](C)Sc2nnc3c(Cl)cc(Cl)cn23)cc1. The van der Waals surface area contributed by atoms with Gasteiger partial charge < -0.3 is 5.32 Å². The van der Waals surface area contributed by atoms with Gasteiger partial charge in [-0.1, -0.05) is 60.9 Å². The number of hydrogen-bond acceptors (Lipinski definition) is 4. The second-order valence-corrected chi connectivity index (χ2v) is 8.36. The Morgan fingerprint density at radius 2 is 1.85 bits per heavy atom. The summed E-state index contributed by atoms with van der Waals surface area (Å²) in [6, 6.07) is 9.48. The van der Waals surface area contributed by atoms with Crippen LogP contribution in [0.5, 0.6) is 0 Å². The highest BCUT2D eigenvalue weighted by Crippen LogP contribution is 2.28. The molecule has 0 fully saturated rings. The van der Waals surface area contributed by atoms with Crippen molar-refractivity contribution in [1.29, 1.82) is 0 Å². The summed E-state index contributed by atoms with van der Waals surface area (Å²) >= 11 is 13.5. The van der Waals surface area contributed by atoms with E-state index in [0.29, 0.717) is 26.8 Å². The summed E-state index contributed by atoms with van der Waals surface area (Å²) in [5.74, 6) is 0.339. The Morgan fingerprint density at radius 3 is 2.50 bits per heavy atom. The largest absolute Gasteiger partial charge is 0.325 e. The number of rotatable bonds is 5. The van der Waals surface area contributed by atoms with Crippen LogP contribution in [0.25, 0.3) is 5.65 Å². The fourth-order valence-electron chi connectivity index (χ4n) is 2.39. The van der Waals surface area contributed by atoms with E-state index >= 15 is 0 Å². The first kappa shape index (κ1) is 19.0. The molecular formula is C18H18Cl2N4OS. The zero-order valence-corrected chi connectivity index (χ0v) is 16.9. The van der Waals surface area contributed by atoms with Crippen molar-refractivity contribution in [3.63, 3.8) is 0 Å². The molecule has 0 radical (unpaired) electrons. The van der Waals surface area contributed by atoms with Gasteiger partial charge in [-0.2, -0.15) is 0 Å². The lowest BCUT2D eigenvalue weighted by molar-refractivity contribution is -0.115. The predicted octanol–water partition coefficient (Wildman–Crippen LogP) is 5.28. The van der Waals surface area contributed by atoms with Crippen molar-refractivity contribution in [2.45, 2.75) is 37.1 Å². The summed E-state index contributed by atoms with van der Waals surface area (Å²) in [5.41, 5.74) is 2.51. The second kappa shape index (κ2) is 7.86. The van der Waals surface area contributed by atoms with Crippen LogP contribution in [-0.2, 0) is 4.79 Å². The molecule has 2 heterocycles. The van der Waals surface area contributed by atoms with Crippen LogP contribution in [0.3, 0.4) is 0 Å². The van der Waals surface area contributed by atoms with Crippen molar-refractivity contribution in [3.05, 3.63) is 52.1 Å². The average molecular weight is 409 g/mol. The number of thioether (sulfide) groups is 1. The molecule has 3 rings (SSSR count). The number of hydrogen-bond donors (Lipinski definition) is 1. The Labute approximate surface area is 166 Å². The quantitative estimate of drug-likeness (QED) is 0.583. The smallest absolute Gasteiger partial charge is 0.237 e. The summed E-state index contributed by atoms with van der Waals surface area (Å²) in [7, 11) is 0. The van der Waals surface area contributed by atoms with E-state index < -0.39 is 0 Å². The summed E-state index contributed by atoms with van der Waals surface area (Å²) in [4.78, 5) is 12.5. The van der Waals surface area contributed by atoms with Crippen LogP contribution < -0.4 is 5.32 Å². The van der Waals surface area contributed by atoms with E-state index in [2.05, 4.69) is 29.4 Å². The fourth-order valence-corrected chi connectivity index (χ4v) is 3.72. The van der Waals surface area contributed by atoms with Gasteiger partial charge in [-0.15, -0.1) is 10.2 Å². The predicted molar refractivity (Wildman–Crippen MR) is 107 cm³/mol. The molecule has 0 aliphatic carbocycles. The molecule has 1 amide bonds. The van der Waals surface area contributed by atoms with E-state index in [0.717, 1.165) is 5.69 Å². The van der Waals surface area contributed by atoms with Gasteiger partial charge in [0.1, 0.15) is 0 Å². The van der Waals surface area contributed by atoms with Gasteiger partial charge in [0, 0.05) is 11.9 Å². The molecule has 0 saturated carbocycles. The lowest BCUT2D eigenvalue weighted by atomic mass is 10.0. The molecule has 8 heteroatoms. The number of nitrogens with zero attached hydrogens (tertiary/aromatic N) is 3. The topological polar surface area (TPSA) is 59.3 Å². The summed E-state index contributed by atoms with van der Waals surface area (Å²) in [6.07, 6.45) is 1.68. The number of benzene rings is 1. The molecule has 1 N–H and O–H groups in total. The first-order chi connectivity index (χ1) is 12.3. The fraction of sp³-hybridized carbons (Fsp3) is 0.278. The van der Waals surface area contributed by atoms with Gasteiger partial charge in [0.2, 0.25) is 5.91 Å². The molecule has 136 valence electrons. The Balaban J connectivity index is 1.71. The molecule has 0 saturated heterocycles. The lowest BCUT2D eigenvalue weighted by Gasteiger charge is -2.12. The zero-order valence-electron chi connectivity index (χ0n) is 14.5. The zero-order chi connectivity index (χ0) is 18.8. The van der Waals surface area contributed by atoms with Gasteiger partial charge in [-0.3, -0.25) is 9.20 Å². The minimum absolute atomic E-state index is 0.114. The second-order valence-electron chi connectivity index (χ2n) is 6.21. The minimum Gasteiger partial charge on any atom is -0.325 e. The van der Waals surface area contributed by atoms with Crippen LogP contribution in [0.4, 0.5) is 5.69 Å². The van der Waals surface area contributed by atoms with E-state index in [1.807, 2.05) is 31.2 Å². The molecule has 1 aromatic carbocycles. The molecule has 0 aliphatic rings. The summed E-state index contributed by atoms with van der Waals surface area (Å²) in [6.45, 7) is 6.08. The van der Waals surface area contributed by atoms with Crippen LogP contribution in [0.15, 0.2) is 41.7 Å². The first-order valence-corrected chi connectivity index (χ1v) is 9.76. The molecule has 5 nitrogen and oxygen atoms in total. The molecule has 3 aromatic rings. The number of carbonyl (C=O) groups is 1. The van der Waals surface area contributed by atoms with Crippen LogP contribution in [-0.4, -0.2) is 25.8 Å². The highest BCUT2D eigenvalue weighted by Gasteiger charge is 2.19. The number of halogens is 2. The molecule has 1 atom stereocenters. The summed E-state index contributed by atoms with van der Waals surface area (Å²) in [5, 5.41) is 12.2. The number of aromatic nitrogens is 3. The molecule has 0 bridgehead atoms. The number of nitrogens with one attached hydrogen (secondary N) is 1. The van der Waals surface area contributed by atoms with E-state index in [1.54, 1.807) is 16.7 Å². The molecule has 0 spiro atoms. The van der Waals surface area contributed by atoms with Crippen molar-refractivity contribution in [3.8, 4) is 0 Å². The van der Waals surface area contributed by atoms with Crippen LogP contribution >= 0.6 is 35.0 Å². The Bertz CT molecular complexity index is 940. The van der Waals surface area contributed by atoms with Crippen LogP contribution in [0, 0.1) is 0 Å². The van der Waals surface area contributed by atoms with Gasteiger partial charge in [0.05, 0.1) is 15.3 Å². The van der Waals surface area contributed by atoms with Crippen molar-refractivity contribution in [1.82, 2.24) is 14.6 Å². The normalized spacial score (nSPS) is 12.5. The van der Waals surface area contributed by atoms with Crippen molar-refractivity contribution < 1.29 is 4.79 Å². The van der Waals surface area contributed by atoms with Crippen LogP contribution in [0.2, 0.25) is 10.0 Å². The van der Waals surface area contributed by atoms with Crippen LogP contribution in [0.1, 0.15) is 32.3 Å². The molecule has 0 unspecified atom stereocenters. The van der Waals surface area contributed by atoms with Gasteiger partial charge in [0.15, 0.2) is 10.8 Å². The summed E-state index contributed by atoms with van der Waals surface area (Å²) < 4.78 is 1.69. The molecule has 2 aromatic heterocycles. The molecular weight excluding hydrogens is 391 g/mol. The van der Waals surface area contributed by atoms with Gasteiger partial charge in [-0.25, -0.2) is 0 Å². The van der Waals surface area contributed by atoms with E-state index in [-0.39, 0.29) is 11.2 Å². The number of amides is 1. The number of carbonyl (C=O) groups excluding carboxylic acids is 1. The van der Waals surface area contributed by atoms with E-state index in [9.17, 15) is 4.79 Å². The number of pyridine rings is 1. The Morgan fingerprint density at radius 1 is 1.15 bits per heavy atom. The van der Waals surface area contributed by atoms with Gasteiger partial charge in [-0.05, 0) is 36.6 Å².